The molecular formula is C43H18N2O11. The maximum atomic E-state index is 11.7. The van der Waals surface area contributed by atoms with E-state index in [9.17, 15) is 33.6 Å². The van der Waals surface area contributed by atoms with Crippen molar-refractivity contribution in [3.05, 3.63) is 170 Å². The van der Waals surface area contributed by atoms with Gasteiger partial charge in [0.1, 0.15) is 5.76 Å². The Kier molecular flexibility index (Phi) is 8.50. The van der Waals surface area contributed by atoms with Gasteiger partial charge in [-0.1, -0.05) is 30.3 Å². The molecule has 0 saturated heterocycles. The molecule has 9 rings (SSSR count). The number of fused-ring (bicyclic) bond motifs is 4. The van der Waals surface area contributed by atoms with Gasteiger partial charge in [0, 0.05) is 27.8 Å². The van der Waals surface area contributed by atoms with Gasteiger partial charge in [0.25, 0.3) is 0 Å². The van der Waals surface area contributed by atoms with Crippen molar-refractivity contribution in [1.82, 2.24) is 0 Å². The molecule has 0 radical (unpaired) electrons. The molecule has 266 valence electrons. The summed E-state index contributed by atoms with van der Waals surface area (Å²) in [5.41, 5.74) is 5.79. The van der Waals surface area contributed by atoms with Gasteiger partial charge in [-0.05, 0) is 97.1 Å². The Balaban J connectivity index is 0.000000164. The molecule has 13 nitrogen and oxygen atoms in total. The molecule has 13 heteroatoms. The predicted octanol–water partition coefficient (Wildman–Crippen LogP) is 6.66. The molecular weight excluding hydrogens is 720 g/mol. The van der Waals surface area contributed by atoms with Crippen LogP contribution in [0.2, 0.25) is 0 Å². The summed E-state index contributed by atoms with van der Waals surface area (Å²) < 4.78 is 18.6. The molecule has 0 amide bonds. The molecule has 0 atom stereocenters. The van der Waals surface area contributed by atoms with E-state index >= 15 is 0 Å². The highest BCUT2D eigenvalue weighted by atomic mass is 16.6. The molecule has 0 aromatic heterocycles. The summed E-state index contributed by atoms with van der Waals surface area (Å²) in [6.45, 7) is 3.65. The third-order valence-corrected chi connectivity index (χ3v) is 8.53. The molecule has 0 fully saturated rings. The summed E-state index contributed by atoms with van der Waals surface area (Å²) >= 11 is 0. The van der Waals surface area contributed by atoms with Crippen LogP contribution in [0.15, 0.2) is 114 Å². The van der Waals surface area contributed by atoms with E-state index in [1.807, 2.05) is 0 Å². The summed E-state index contributed by atoms with van der Waals surface area (Å²) in [5.74, 6) is 7.75. The summed E-state index contributed by atoms with van der Waals surface area (Å²) in [6.07, 6.45) is 0. The normalized spacial score (nSPS) is 14.2. The number of benzene rings is 5. The lowest BCUT2D eigenvalue weighted by molar-refractivity contribution is 0.0425. The fourth-order valence-electron chi connectivity index (χ4n) is 5.73. The van der Waals surface area contributed by atoms with Crippen LogP contribution in [0.4, 0.5) is 11.4 Å². The first-order valence-corrected chi connectivity index (χ1v) is 16.3. The maximum absolute atomic E-state index is 11.7. The number of azo groups is 1. The Morgan fingerprint density at radius 2 is 0.643 bits per heavy atom. The Labute approximate surface area is 315 Å². The van der Waals surface area contributed by atoms with E-state index < -0.39 is 41.8 Å². The van der Waals surface area contributed by atoms with Crippen molar-refractivity contribution in [1.29, 1.82) is 0 Å². The molecule has 5 aromatic rings. The summed E-state index contributed by atoms with van der Waals surface area (Å²) in [5, 5.41) is 8.05. The first-order valence-electron chi connectivity index (χ1n) is 16.3. The number of rotatable bonds is 2. The Hall–Kier alpha value is -8.55. The first kappa shape index (κ1) is 34.5. The zero-order valence-corrected chi connectivity index (χ0v) is 28.3. The van der Waals surface area contributed by atoms with Gasteiger partial charge < -0.3 is 18.9 Å². The molecule has 5 aromatic carbocycles. The van der Waals surface area contributed by atoms with E-state index in [0.29, 0.717) is 39.4 Å². The van der Waals surface area contributed by atoms with Crippen LogP contribution >= 0.6 is 0 Å². The molecule has 0 N–H and O–H groups in total. The number of carbonyl (C=O) groups excluding carboxylic acids is 7. The fraction of sp³-hybridized carbons (Fsp3) is 0. The maximum Gasteiger partial charge on any atom is 0.346 e. The molecule has 0 aliphatic carbocycles. The van der Waals surface area contributed by atoms with Crippen LogP contribution in [-0.2, 0) is 18.9 Å². The monoisotopic (exact) mass is 738 g/mol. The van der Waals surface area contributed by atoms with Crippen molar-refractivity contribution in [2.24, 2.45) is 10.2 Å². The number of hydrogen-bond acceptors (Lipinski definition) is 13. The van der Waals surface area contributed by atoms with Gasteiger partial charge in [-0.3, -0.25) is 0 Å². The number of ether oxygens (including phenoxy) is 4. The van der Waals surface area contributed by atoms with Gasteiger partial charge in [-0.25, -0.2) is 33.6 Å². The fourth-order valence-corrected chi connectivity index (χ4v) is 5.73. The van der Waals surface area contributed by atoms with E-state index in [4.69, 9.17) is 4.74 Å². The quantitative estimate of drug-likeness (QED) is 0.0621. The van der Waals surface area contributed by atoms with E-state index in [1.54, 1.807) is 60.7 Å². The molecule has 0 spiro atoms. The highest BCUT2D eigenvalue weighted by molar-refractivity contribution is 6.16. The molecule has 4 aliphatic heterocycles. The van der Waals surface area contributed by atoms with Crippen LogP contribution in [0.25, 0.3) is 5.76 Å². The van der Waals surface area contributed by atoms with Gasteiger partial charge >= 0.3 is 41.8 Å². The molecule has 0 unspecified atom stereocenters. The summed E-state index contributed by atoms with van der Waals surface area (Å²) in [6, 6.07) is 26.0. The minimum Gasteiger partial charge on any atom is -0.423 e. The SMILES string of the molecule is C=C1OC(=O)c2cc(N=Nc3ccc4c(c3)C(=O)OC4=O)ccc21.O=C1OC(=O)c2cc(C#Cc3ccc(C#Cc4ccc5c(c4)C(=O)OC5=O)cc3)ccc21. The number of carbonyl (C=O) groups is 7. The van der Waals surface area contributed by atoms with E-state index in [1.165, 1.54) is 36.4 Å². The van der Waals surface area contributed by atoms with Crippen LogP contribution in [0, 0.1) is 23.7 Å². The smallest absolute Gasteiger partial charge is 0.346 e. The second-order valence-electron chi connectivity index (χ2n) is 12.1. The molecule has 0 saturated carbocycles. The predicted molar refractivity (Wildman–Crippen MR) is 192 cm³/mol. The molecule has 0 bridgehead atoms. The van der Waals surface area contributed by atoms with Gasteiger partial charge in [-0.15, -0.1) is 0 Å². The Bertz CT molecular complexity index is 2670. The van der Waals surface area contributed by atoms with Crippen molar-refractivity contribution in [2.75, 3.05) is 0 Å². The molecule has 56 heavy (non-hydrogen) atoms. The second kappa shape index (κ2) is 13.8. The van der Waals surface area contributed by atoms with Crippen LogP contribution in [-0.4, -0.2) is 41.8 Å². The lowest BCUT2D eigenvalue weighted by atomic mass is 10.0. The van der Waals surface area contributed by atoms with Crippen LogP contribution < -0.4 is 0 Å². The van der Waals surface area contributed by atoms with Gasteiger partial charge in [0.05, 0.1) is 50.3 Å². The topological polar surface area (TPSA) is 181 Å². The standard InChI is InChI=1S/C26H10O6.C17H8N2O5/c27-23-19-11-9-17(13-21(19)25(29)31-23)7-5-15-1-2-16(4-3-15)6-8-18-10-12-20-22(14-18)26(30)32-24(20)28;1-8-11-4-2-9(6-13(11)16(21)23-8)18-19-10-3-5-12-14(7-10)17(22)24-15(12)20/h1-4,9-14H;2-7H,1H2. The Morgan fingerprint density at radius 3 is 1.09 bits per heavy atom. The summed E-state index contributed by atoms with van der Waals surface area (Å²) in [7, 11) is 0. The van der Waals surface area contributed by atoms with E-state index in [0.717, 1.165) is 11.1 Å². The zero-order chi connectivity index (χ0) is 39.1. The lowest BCUT2D eigenvalue weighted by Gasteiger charge is -1.97. The minimum absolute atomic E-state index is 0.158. The minimum atomic E-state index is -0.703. The number of cyclic esters (lactones) is 7. The highest BCUT2D eigenvalue weighted by Crippen LogP contribution is 2.32. The number of nitrogens with zero attached hydrogens (tertiary/aromatic N) is 2. The zero-order valence-electron chi connectivity index (χ0n) is 28.3. The second-order valence-corrected chi connectivity index (χ2v) is 12.1. The van der Waals surface area contributed by atoms with Gasteiger partial charge in [-0.2, -0.15) is 10.2 Å². The Morgan fingerprint density at radius 1 is 0.339 bits per heavy atom. The van der Waals surface area contributed by atoms with Crippen molar-refractivity contribution >= 4 is 58.9 Å². The largest absolute Gasteiger partial charge is 0.423 e. The van der Waals surface area contributed by atoms with Gasteiger partial charge in [0.15, 0.2) is 0 Å². The average Bonchev–Trinajstić information content (AvgIpc) is 3.86. The van der Waals surface area contributed by atoms with Crippen molar-refractivity contribution in [2.45, 2.75) is 0 Å². The molecule has 4 heterocycles. The average molecular weight is 739 g/mol. The van der Waals surface area contributed by atoms with Crippen molar-refractivity contribution in [3.63, 3.8) is 0 Å². The van der Waals surface area contributed by atoms with Crippen molar-refractivity contribution < 1.29 is 52.5 Å². The number of esters is 7. The van der Waals surface area contributed by atoms with Crippen molar-refractivity contribution in [3.8, 4) is 23.7 Å². The first-order chi connectivity index (χ1) is 27.0. The lowest BCUT2D eigenvalue weighted by Crippen LogP contribution is -1.96. The van der Waals surface area contributed by atoms with E-state index in [2.05, 4.69) is 54.7 Å². The third kappa shape index (κ3) is 6.62. The highest BCUT2D eigenvalue weighted by Gasteiger charge is 2.31. The van der Waals surface area contributed by atoms with Crippen LogP contribution in [0.3, 0.4) is 0 Å². The molecule has 4 aliphatic rings. The summed E-state index contributed by atoms with van der Waals surface area (Å²) in [4.78, 5) is 80.9. The third-order valence-electron chi connectivity index (χ3n) is 8.53. The van der Waals surface area contributed by atoms with E-state index in [-0.39, 0.29) is 33.4 Å². The van der Waals surface area contributed by atoms with Crippen LogP contribution in [0.5, 0.6) is 0 Å². The number of hydrogen-bond donors (Lipinski definition) is 0. The van der Waals surface area contributed by atoms with Gasteiger partial charge in [0.2, 0.25) is 0 Å². The van der Waals surface area contributed by atoms with Crippen LogP contribution in [0.1, 0.15) is 100 Å².